The summed E-state index contributed by atoms with van der Waals surface area (Å²) < 4.78 is 5.27. The Labute approximate surface area is 114 Å². The molecular weight excluding hydrogens is 242 g/mol. The van der Waals surface area contributed by atoms with E-state index in [4.69, 9.17) is 4.74 Å². The van der Waals surface area contributed by atoms with Gasteiger partial charge in [0.15, 0.2) is 0 Å². The Kier molecular flexibility index (Phi) is 5.10. The van der Waals surface area contributed by atoms with Gasteiger partial charge < -0.3 is 9.64 Å². The summed E-state index contributed by atoms with van der Waals surface area (Å²) in [4.78, 5) is 23.9. The van der Waals surface area contributed by atoms with Crippen LogP contribution in [-0.2, 0) is 16.0 Å². The number of amides is 1. The maximum Gasteiger partial charge on any atom is 0.289 e. The van der Waals surface area contributed by atoms with Gasteiger partial charge in [0.05, 0.1) is 7.11 Å². The van der Waals surface area contributed by atoms with Gasteiger partial charge in [-0.2, -0.15) is 0 Å². The fraction of sp³-hybridized carbons (Fsp3) is 0.467. The van der Waals surface area contributed by atoms with Gasteiger partial charge in [0.25, 0.3) is 5.91 Å². The average molecular weight is 263 g/mol. The van der Waals surface area contributed by atoms with Gasteiger partial charge in [-0.05, 0) is 43.0 Å². The zero-order chi connectivity index (χ0) is 14.6. The van der Waals surface area contributed by atoms with Crippen LogP contribution in [0, 0.1) is 13.8 Å². The number of nitrogens with zero attached hydrogens (tertiary/aromatic N) is 1. The fourth-order valence-corrected chi connectivity index (χ4v) is 2.00. The van der Waals surface area contributed by atoms with Crippen molar-refractivity contribution in [2.24, 2.45) is 0 Å². The molecule has 104 valence electrons. The van der Waals surface area contributed by atoms with Crippen LogP contribution in [0.25, 0.3) is 0 Å². The van der Waals surface area contributed by atoms with Gasteiger partial charge in [-0.3, -0.25) is 9.59 Å². The van der Waals surface area contributed by atoms with Gasteiger partial charge >= 0.3 is 0 Å². The van der Waals surface area contributed by atoms with Crippen molar-refractivity contribution in [1.82, 2.24) is 4.90 Å². The van der Waals surface area contributed by atoms with Crippen LogP contribution in [0.2, 0.25) is 0 Å². The molecule has 0 bridgehead atoms. The molecule has 4 nitrogen and oxygen atoms in total. The summed E-state index contributed by atoms with van der Waals surface area (Å²) in [6.07, 6.45) is 0.728. The molecular formula is C15H21NO3. The number of rotatable bonds is 5. The number of hydrogen-bond acceptors (Lipinski definition) is 3. The van der Waals surface area contributed by atoms with Gasteiger partial charge in [0, 0.05) is 20.5 Å². The van der Waals surface area contributed by atoms with Crippen molar-refractivity contribution in [2.75, 3.05) is 20.7 Å². The molecule has 0 radical (unpaired) electrons. The second kappa shape index (κ2) is 6.36. The van der Waals surface area contributed by atoms with Gasteiger partial charge in [-0.15, -0.1) is 0 Å². The molecule has 1 aromatic carbocycles. The van der Waals surface area contributed by atoms with Crippen molar-refractivity contribution >= 4 is 11.7 Å². The van der Waals surface area contributed by atoms with Gasteiger partial charge in [-0.1, -0.05) is 6.07 Å². The van der Waals surface area contributed by atoms with E-state index in [0.29, 0.717) is 6.54 Å². The summed E-state index contributed by atoms with van der Waals surface area (Å²) in [7, 11) is 3.30. The first-order chi connectivity index (χ1) is 8.88. The molecule has 0 aliphatic rings. The Morgan fingerprint density at radius 2 is 1.84 bits per heavy atom. The highest BCUT2D eigenvalue weighted by molar-refractivity contribution is 6.34. The van der Waals surface area contributed by atoms with Crippen LogP contribution in [0.3, 0.4) is 0 Å². The summed E-state index contributed by atoms with van der Waals surface area (Å²) in [5, 5.41) is 0. The molecule has 1 rings (SSSR count). The Hall–Kier alpha value is -1.84. The van der Waals surface area contributed by atoms with E-state index in [1.54, 1.807) is 14.2 Å². The SMILES string of the molecule is COc1ccc(CCN(C)C(=O)C(C)=O)c(C)c1C. The van der Waals surface area contributed by atoms with E-state index in [0.717, 1.165) is 17.7 Å². The Balaban J connectivity index is 2.76. The standard InChI is InChI=1S/C15H21NO3/c1-10-11(2)14(19-5)7-6-13(10)8-9-16(4)15(18)12(3)17/h6-7H,8-9H2,1-5H3. The lowest BCUT2D eigenvalue weighted by Crippen LogP contribution is -2.33. The molecule has 0 aliphatic heterocycles. The lowest BCUT2D eigenvalue weighted by Gasteiger charge is -2.17. The molecule has 4 heteroatoms. The molecule has 1 amide bonds. The number of carbonyl (C=O) groups is 2. The quantitative estimate of drug-likeness (QED) is 0.762. The van der Waals surface area contributed by atoms with Crippen molar-refractivity contribution in [2.45, 2.75) is 27.2 Å². The minimum atomic E-state index is -0.442. The number of methoxy groups -OCH3 is 1. The molecule has 0 saturated heterocycles. The molecule has 0 N–H and O–H groups in total. The van der Waals surface area contributed by atoms with E-state index in [1.165, 1.54) is 23.0 Å². The number of ketones is 1. The van der Waals surface area contributed by atoms with Crippen LogP contribution in [0.1, 0.15) is 23.6 Å². The highest BCUT2D eigenvalue weighted by Gasteiger charge is 2.14. The molecule has 19 heavy (non-hydrogen) atoms. The lowest BCUT2D eigenvalue weighted by atomic mass is 10.00. The third kappa shape index (κ3) is 3.56. The molecule has 1 aromatic rings. The van der Waals surface area contributed by atoms with Crippen LogP contribution in [0.4, 0.5) is 0 Å². The van der Waals surface area contributed by atoms with Crippen LogP contribution >= 0.6 is 0 Å². The zero-order valence-electron chi connectivity index (χ0n) is 12.2. The van der Waals surface area contributed by atoms with Gasteiger partial charge in [-0.25, -0.2) is 0 Å². The summed E-state index contributed by atoms with van der Waals surface area (Å²) >= 11 is 0. The van der Waals surface area contributed by atoms with Crippen molar-refractivity contribution in [3.8, 4) is 5.75 Å². The molecule has 0 heterocycles. The maximum atomic E-state index is 11.5. The average Bonchev–Trinajstić information content (AvgIpc) is 2.39. The summed E-state index contributed by atoms with van der Waals surface area (Å²) in [6.45, 7) is 5.88. The Morgan fingerprint density at radius 3 is 2.37 bits per heavy atom. The topological polar surface area (TPSA) is 46.6 Å². The van der Waals surface area contributed by atoms with Crippen molar-refractivity contribution in [3.05, 3.63) is 28.8 Å². The van der Waals surface area contributed by atoms with Crippen molar-refractivity contribution in [3.63, 3.8) is 0 Å². The molecule has 0 aromatic heterocycles. The normalized spacial score (nSPS) is 10.2. The van der Waals surface area contributed by atoms with E-state index in [-0.39, 0.29) is 0 Å². The monoisotopic (exact) mass is 263 g/mol. The van der Waals surface area contributed by atoms with E-state index >= 15 is 0 Å². The number of likely N-dealkylation sites (N-methyl/N-ethyl adjacent to an activating group) is 1. The smallest absolute Gasteiger partial charge is 0.289 e. The maximum absolute atomic E-state index is 11.5. The van der Waals surface area contributed by atoms with Crippen molar-refractivity contribution < 1.29 is 14.3 Å². The molecule has 0 spiro atoms. The van der Waals surface area contributed by atoms with Gasteiger partial charge in [0.2, 0.25) is 5.78 Å². The Bertz CT molecular complexity index is 494. The molecule has 0 saturated carbocycles. The van der Waals surface area contributed by atoms with Gasteiger partial charge in [0.1, 0.15) is 5.75 Å². The Morgan fingerprint density at radius 1 is 1.21 bits per heavy atom. The number of benzene rings is 1. The zero-order valence-corrected chi connectivity index (χ0v) is 12.2. The predicted octanol–water partition coefficient (Wildman–Crippen LogP) is 1.90. The fourth-order valence-electron chi connectivity index (χ4n) is 2.00. The summed E-state index contributed by atoms with van der Waals surface area (Å²) in [5.74, 6) is 0.00226. The first-order valence-electron chi connectivity index (χ1n) is 6.27. The third-order valence-electron chi connectivity index (χ3n) is 3.43. The van der Waals surface area contributed by atoms with Crippen molar-refractivity contribution in [1.29, 1.82) is 0 Å². The second-order valence-corrected chi connectivity index (χ2v) is 4.71. The second-order valence-electron chi connectivity index (χ2n) is 4.71. The first-order valence-corrected chi connectivity index (χ1v) is 6.27. The van der Waals surface area contributed by atoms with E-state index in [1.807, 2.05) is 26.0 Å². The summed E-state index contributed by atoms with van der Waals surface area (Å²) in [5.41, 5.74) is 3.45. The first kappa shape index (κ1) is 15.2. The highest BCUT2D eigenvalue weighted by atomic mass is 16.5. The highest BCUT2D eigenvalue weighted by Crippen LogP contribution is 2.24. The molecule has 0 unspecified atom stereocenters. The predicted molar refractivity (Wildman–Crippen MR) is 74.5 cm³/mol. The molecule has 0 aliphatic carbocycles. The molecule has 0 fully saturated rings. The van der Waals surface area contributed by atoms with Crippen LogP contribution in [-0.4, -0.2) is 37.3 Å². The minimum absolute atomic E-state index is 0.426. The number of Topliss-reactive ketones (excluding diaryl/α,β-unsaturated/α-hetero) is 1. The van der Waals surface area contributed by atoms with Crippen LogP contribution in [0.15, 0.2) is 12.1 Å². The third-order valence-corrected chi connectivity index (χ3v) is 3.43. The number of ether oxygens (including phenoxy) is 1. The van der Waals surface area contributed by atoms with E-state index in [9.17, 15) is 9.59 Å². The molecule has 0 atom stereocenters. The van der Waals surface area contributed by atoms with E-state index < -0.39 is 11.7 Å². The van der Waals surface area contributed by atoms with E-state index in [2.05, 4.69) is 0 Å². The van der Waals surface area contributed by atoms with Crippen LogP contribution < -0.4 is 4.74 Å². The minimum Gasteiger partial charge on any atom is -0.496 e. The number of carbonyl (C=O) groups excluding carboxylic acids is 2. The summed E-state index contributed by atoms with van der Waals surface area (Å²) in [6, 6.07) is 3.94. The lowest BCUT2D eigenvalue weighted by molar-refractivity contribution is -0.142. The largest absolute Gasteiger partial charge is 0.496 e. The number of hydrogen-bond donors (Lipinski definition) is 0. The van der Waals surface area contributed by atoms with Crippen LogP contribution in [0.5, 0.6) is 5.75 Å².